The number of fused-ring (bicyclic) bond motifs is 18. The van der Waals surface area contributed by atoms with Crippen molar-refractivity contribution in [2.24, 2.45) is 0 Å². The molecule has 0 saturated heterocycles. The molecule has 0 spiro atoms. The number of hydrogen-bond acceptors (Lipinski definition) is 3. The van der Waals surface area contributed by atoms with E-state index in [1.807, 2.05) is 12.4 Å². The molecule has 702 valence electrons. The first-order valence-corrected chi connectivity index (χ1v) is 51.1. The Morgan fingerprint density at radius 2 is 0.347 bits per heavy atom. The maximum Gasteiger partial charge on any atom is 0.138 e. The summed E-state index contributed by atoms with van der Waals surface area (Å²) in [4.78, 5) is 14.7. The minimum absolute atomic E-state index is 0.901. The SMILES string of the molecule is c1ccc(-c2cc(-c3ccccc3)nc(-n3c4ccccc4c4cc(-c5ccc6c7ccccc7n(-c7ccccc7)c6c5)ccc43)c2)cc1.c1ccc(-c2cc(-c3ccncc3)cc(-n3c4ccccc4c4cc(-c5ccc6c7ccccc7n(-c7ccccc7)c6c5)ccc43)c2)cc1.c1ccc(-c2cc(-n3c4ccccc4c4cc(-c5ccc6c7ccccc7n(-c7ccccc7)c6c5)ccc43)cc(-c3ccccc3)n2)cc1. The first kappa shape index (κ1) is 87.6. The van der Waals surface area contributed by atoms with Crippen molar-refractivity contribution in [3.05, 3.63) is 564 Å². The van der Waals surface area contributed by atoms with Crippen LogP contribution in [0.5, 0.6) is 0 Å². The fourth-order valence-electron chi connectivity index (χ4n) is 22.9. The zero-order chi connectivity index (χ0) is 99.1. The van der Waals surface area contributed by atoms with E-state index in [-0.39, 0.29) is 0 Å². The molecule has 21 aromatic carbocycles. The molecule has 0 unspecified atom stereocenters. The van der Waals surface area contributed by atoms with Crippen LogP contribution in [0.4, 0.5) is 0 Å². The zero-order valence-corrected chi connectivity index (χ0v) is 81.7. The lowest BCUT2D eigenvalue weighted by Crippen LogP contribution is -2.00. The highest BCUT2D eigenvalue weighted by Crippen LogP contribution is 2.47. The Balaban J connectivity index is 0.000000108. The summed E-state index contributed by atoms with van der Waals surface area (Å²) in [5, 5.41) is 14.9. The second-order valence-electron chi connectivity index (χ2n) is 38.5. The molecule has 0 aliphatic carbocycles. The van der Waals surface area contributed by atoms with Crippen molar-refractivity contribution in [2.75, 3.05) is 0 Å². The molecule has 0 aliphatic heterocycles. The van der Waals surface area contributed by atoms with E-state index in [0.717, 1.165) is 90.1 Å². The second kappa shape index (κ2) is 37.2. The summed E-state index contributed by atoms with van der Waals surface area (Å²) in [5.74, 6) is 0.901. The van der Waals surface area contributed by atoms with Crippen molar-refractivity contribution in [1.82, 2.24) is 42.4 Å². The van der Waals surface area contributed by atoms with E-state index in [2.05, 4.69) is 584 Å². The third kappa shape index (κ3) is 15.5. The van der Waals surface area contributed by atoms with Gasteiger partial charge in [0.25, 0.3) is 0 Å². The van der Waals surface area contributed by atoms with Crippen LogP contribution in [0.25, 0.3) is 266 Å². The second-order valence-corrected chi connectivity index (χ2v) is 38.5. The van der Waals surface area contributed by atoms with Gasteiger partial charge in [0.1, 0.15) is 5.82 Å². The third-order valence-corrected chi connectivity index (χ3v) is 29.8. The molecule has 30 aromatic rings. The number of hydrogen-bond donors (Lipinski definition) is 0. The fraction of sp³-hybridized carbons (Fsp3) is 0. The van der Waals surface area contributed by atoms with Gasteiger partial charge in [0.2, 0.25) is 0 Å². The van der Waals surface area contributed by atoms with Gasteiger partial charge >= 0.3 is 0 Å². The summed E-state index contributed by atoms with van der Waals surface area (Å²) >= 11 is 0. The molecule has 0 radical (unpaired) electrons. The fourth-order valence-corrected chi connectivity index (χ4v) is 22.9. The van der Waals surface area contributed by atoms with E-state index in [0.29, 0.717) is 0 Å². The lowest BCUT2D eigenvalue weighted by molar-refractivity contribution is 1.08. The predicted octanol–water partition coefficient (Wildman–Crippen LogP) is 36.8. The van der Waals surface area contributed by atoms with Crippen molar-refractivity contribution in [3.63, 3.8) is 0 Å². The molecule has 9 heterocycles. The maximum atomic E-state index is 5.31. The first-order valence-electron chi connectivity index (χ1n) is 51.1. The van der Waals surface area contributed by atoms with Crippen molar-refractivity contribution < 1.29 is 0 Å². The van der Waals surface area contributed by atoms with Gasteiger partial charge in [-0.3, -0.25) is 9.55 Å². The van der Waals surface area contributed by atoms with E-state index in [4.69, 9.17) is 9.97 Å². The maximum absolute atomic E-state index is 5.31. The van der Waals surface area contributed by atoms with Gasteiger partial charge in [-0.25, -0.2) is 9.97 Å². The average molecular weight is 1910 g/mol. The predicted molar refractivity (Wildman–Crippen MR) is 628 cm³/mol. The summed E-state index contributed by atoms with van der Waals surface area (Å²) in [7, 11) is 0. The van der Waals surface area contributed by atoms with Crippen LogP contribution in [0.3, 0.4) is 0 Å². The van der Waals surface area contributed by atoms with Gasteiger partial charge in [0.15, 0.2) is 0 Å². The lowest BCUT2D eigenvalue weighted by atomic mass is 9.98. The Morgan fingerprint density at radius 3 is 0.687 bits per heavy atom. The van der Waals surface area contributed by atoms with E-state index in [1.165, 1.54) is 176 Å². The molecule has 0 bridgehead atoms. The van der Waals surface area contributed by atoms with E-state index in [1.54, 1.807) is 0 Å². The van der Waals surface area contributed by atoms with Crippen molar-refractivity contribution in [3.8, 4) is 135 Å². The summed E-state index contributed by atoms with van der Waals surface area (Å²) in [6, 6.07) is 198. The van der Waals surface area contributed by atoms with Crippen LogP contribution < -0.4 is 0 Å². The number of rotatable bonds is 15. The lowest BCUT2D eigenvalue weighted by Gasteiger charge is -2.14. The summed E-state index contributed by atoms with van der Waals surface area (Å²) < 4.78 is 14.3. The number of nitrogens with zero attached hydrogens (tertiary/aromatic N) is 9. The highest BCUT2D eigenvalue weighted by molar-refractivity contribution is 6.17. The Kier molecular flexibility index (Phi) is 21.8. The van der Waals surface area contributed by atoms with Crippen LogP contribution in [-0.2, 0) is 0 Å². The van der Waals surface area contributed by atoms with E-state index in [9.17, 15) is 0 Å². The van der Waals surface area contributed by atoms with Gasteiger partial charge < -0.3 is 22.8 Å². The molecule has 0 aliphatic rings. The number of benzene rings is 21. The third-order valence-electron chi connectivity index (χ3n) is 29.8. The molecular weight excluding hydrogens is 1820 g/mol. The topological polar surface area (TPSA) is 68.2 Å². The van der Waals surface area contributed by atoms with E-state index >= 15 is 0 Å². The molecule has 0 N–H and O–H groups in total. The van der Waals surface area contributed by atoms with Crippen LogP contribution >= 0.6 is 0 Å². The highest BCUT2D eigenvalue weighted by atomic mass is 15.1. The Labute approximate surface area is 866 Å². The molecule has 0 amide bonds. The van der Waals surface area contributed by atoms with Gasteiger partial charge in [-0.2, -0.15) is 0 Å². The number of para-hydroxylation sites is 9. The molecule has 0 fully saturated rings. The largest absolute Gasteiger partial charge is 0.309 e. The number of aromatic nitrogens is 9. The van der Waals surface area contributed by atoms with Crippen LogP contribution in [0.2, 0.25) is 0 Å². The van der Waals surface area contributed by atoms with Crippen molar-refractivity contribution >= 4 is 131 Å². The van der Waals surface area contributed by atoms with Crippen LogP contribution in [-0.4, -0.2) is 42.4 Å². The molecule has 9 aromatic heterocycles. The monoisotopic (exact) mass is 1910 g/mol. The van der Waals surface area contributed by atoms with Gasteiger partial charge in [0.05, 0.1) is 89.0 Å². The van der Waals surface area contributed by atoms with Gasteiger partial charge in [0, 0.05) is 116 Å². The molecule has 9 nitrogen and oxygen atoms in total. The van der Waals surface area contributed by atoms with Crippen LogP contribution in [0.1, 0.15) is 0 Å². The number of pyridine rings is 3. The minimum Gasteiger partial charge on any atom is -0.309 e. The normalized spacial score (nSPS) is 11.6. The molecule has 150 heavy (non-hydrogen) atoms. The summed E-state index contributed by atoms with van der Waals surface area (Å²) in [6.45, 7) is 0. The Hall–Kier alpha value is -20.1. The molecule has 0 saturated carbocycles. The summed E-state index contributed by atoms with van der Waals surface area (Å²) in [6.07, 6.45) is 3.73. The smallest absolute Gasteiger partial charge is 0.138 e. The average Bonchev–Trinajstić information content (AvgIpc) is 1.58. The van der Waals surface area contributed by atoms with Gasteiger partial charge in [-0.05, 0) is 249 Å². The Morgan fingerprint density at radius 1 is 0.113 bits per heavy atom. The Bertz CT molecular complexity index is 9310. The zero-order valence-electron chi connectivity index (χ0n) is 81.7. The van der Waals surface area contributed by atoms with Gasteiger partial charge in [-0.1, -0.05) is 370 Å². The molecular formula is C141H93N9. The van der Waals surface area contributed by atoms with Crippen molar-refractivity contribution in [1.29, 1.82) is 0 Å². The first-order chi connectivity index (χ1) is 74.4. The summed E-state index contributed by atoms with van der Waals surface area (Å²) in [5.41, 5.74) is 40.2. The highest BCUT2D eigenvalue weighted by Gasteiger charge is 2.25. The van der Waals surface area contributed by atoms with Crippen molar-refractivity contribution in [2.45, 2.75) is 0 Å². The van der Waals surface area contributed by atoms with E-state index < -0.39 is 0 Å². The standard InChI is InChI=1S/3C47H31N3/c1-4-14-32(15-5-1)36-29-42(33-16-6-2-7-17-33)48-47(31-36)50-44-23-13-11-21-39(44)41-28-34(25-27-45(41)50)35-24-26-40-38-20-10-12-22-43(38)49(46(40)30-35)37-18-8-3-9-19-37;1-4-14-32(15-5-1)42-30-37(31-43(48-42)33-16-6-2-7-17-33)50-45-23-13-11-21-39(45)41-28-34(25-27-46(41)50)35-24-26-40-38-20-10-12-22-44(38)49(47(40)29-35)36-18-8-3-9-19-36;1-3-11-32(12-4-1)36-27-37(33-23-25-48-26-24-33)29-39(28-36)50-45-18-10-8-16-41(45)43-30-34(20-22-46(43)50)35-19-21-42-40-15-7-9-17-44(40)49(47(42)31-35)38-13-5-2-6-14-38/h3*1-31H. The van der Waals surface area contributed by atoms with Crippen LogP contribution in [0.15, 0.2) is 564 Å². The molecule has 9 heteroatoms. The minimum atomic E-state index is 0.901. The molecule has 0 atom stereocenters. The van der Waals surface area contributed by atoms with Gasteiger partial charge in [-0.15, -0.1) is 0 Å². The molecule has 30 rings (SSSR count). The van der Waals surface area contributed by atoms with Crippen LogP contribution in [0, 0.1) is 0 Å². The quantitative estimate of drug-likeness (QED) is 0.103.